The molecule has 0 bridgehead atoms. The zero-order valence-electron chi connectivity index (χ0n) is 22.3. The molecule has 1 saturated heterocycles. The van der Waals surface area contributed by atoms with Crippen LogP contribution in [0.5, 0.6) is 0 Å². The van der Waals surface area contributed by atoms with Crippen molar-refractivity contribution in [1.82, 2.24) is 15.1 Å². The number of nitrogens with zero attached hydrogens (tertiary/aromatic N) is 2. The minimum atomic E-state index is -0.810. The number of benzene rings is 1. The largest absolute Gasteiger partial charge is 0.347 e. The summed E-state index contributed by atoms with van der Waals surface area (Å²) < 4.78 is 25.8. The van der Waals surface area contributed by atoms with E-state index in [0.717, 1.165) is 22.5 Å². The van der Waals surface area contributed by atoms with Gasteiger partial charge in [-0.2, -0.15) is 5.10 Å². The molecule has 1 aliphatic rings. The Balaban J connectivity index is 1.83. The van der Waals surface area contributed by atoms with Gasteiger partial charge < -0.3 is 14.4 Å². The number of aromatic nitrogens is 2. The molecule has 192 valence electrons. The zero-order valence-corrected chi connectivity index (χ0v) is 22.3. The average Bonchev–Trinajstić information content (AvgIpc) is 3.15. The van der Waals surface area contributed by atoms with Crippen molar-refractivity contribution in [3.8, 4) is 11.3 Å². The maximum absolute atomic E-state index is 13.5. The molecule has 7 heteroatoms. The van der Waals surface area contributed by atoms with Crippen LogP contribution in [0.4, 0.5) is 4.39 Å². The first-order valence-electron chi connectivity index (χ1n) is 12.6. The normalized spacial score (nSPS) is 20.3. The third-order valence-corrected chi connectivity index (χ3v) is 6.19. The van der Waals surface area contributed by atoms with Crippen molar-refractivity contribution in [2.75, 3.05) is 0 Å². The summed E-state index contributed by atoms with van der Waals surface area (Å²) in [6.45, 7) is 16.1. The van der Waals surface area contributed by atoms with E-state index in [9.17, 15) is 9.18 Å². The van der Waals surface area contributed by atoms with Gasteiger partial charge in [0.05, 0.1) is 24.3 Å². The number of H-pyrrole nitrogens is 1. The van der Waals surface area contributed by atoms with Crippen LogP contribution in [0.15, 0.2) is 30.3 Å². The van der Waals surface area contributed by atoms with Crippen molar-refractivity contribution in [3.05, 3.63) is 47.4 Å². The fourth-order valence-electron chi connectivity index (χ4n) is 4.87. The number of rotatable bonds is 8. The summed E-state index contributed by atoms with van der Waals surface area (Å²) in [5, 5.41) is 7.67. The summed E-state index contributed by atoms with van der Waals surface area (Å²) in [4.78, 5) is 15.0. The first kappa shape index (κ1) is 27.1. The third kappa shape index (κ3) is 6.79. The van der Waals surface area contributed by atoms with Gasteiger partial charge in [0.25, 0.3) is 0 Å². The van der Waals surface area contributed by atoms with E-state index < -0.39 is 5.79 Å². The number of nitrogens with one attached hydrogen (secondary N) is 1. The molecule has 1 aromatic heterocycles. The maximum atomic E-state index is 13.5. The SMILES string of the molecule is CC(C)c1[nH]nc(-c2ccc(F)cc2)c1/C=C/[C@@H]1C[C@H](CC(=O)N(C(C)C)C(C)C)OC(C)(C)O1. The number of halogens is 1. The van der Waals surface area contributed by atoms with E-state index in [2.05, 4.69) is 24.0 Å². The van der Waals surface area contributed by atoms with Gasteiger partial charge in [-0.15, -0.1) is 0 Å². The van der Waals surface area contributed by atoms with Crippen molar-refractivity contribution in [3.63, 3.8) is 0 Å². The highest BCUT2D eigenvalue weighted by Crippen LogP contribution is 2.33. The number of carbonyl (C=O) groups excluding carboxylic acids is 1. The second-order valence-corrected chi connectivity index (χ2v) is 10.6. The van der Waals surface area contributed by atoms with Crippen LogP contribution in [-0.2, 0) is 14.3 Å². The lowest BCUT2D eigenvalue weighted by molar-refractivity contribution is -0.290. The number of amides is 1. The summed E-state index contributed by atoms with van der Waals surface area (Å²) in [7, 11) is 0. The van der Waals surface area contributed by atoms with Gasteiger partial charge in [-0.05, 0) is 71.7 Å². The number of hydrogen-bond donors (Lipinski definition) is 1. The second-order valence-electron chi connectivity index (χ2n) is 10.6. The fraction of sp³-hybridized carbons (Fsp3) is 0.571. The van der Waals surface area contributed by atoms with E-state index in [1.54, 1.807) is 12.1 Å². The van der Waals surface area contributed by atoms with Gasteiger partial charge in [0, 0.05) is 35.3 Å². The Bertz CT molecular complexity index is 1020. The summed E-state index contributed by atoms with van der Waals surface area (Å²) in [6, 6.07) is 6.61. The van der Waals surface area contributed by atoms with Crippen molar-refractivity contribution in [2.45, 2.75) is 104 Å². The van der Waals surface area contributed by atoms with Gasteiger partial charge >= 0.3 is 0 Å². The predicted molar refractivity (Wildman–Crippen MR) is 137 cm³/mol. The van der Waals surface area contributed by atoms with E-state index in [-0.39, 0.29) is 41.9 Å². The molecule has 1 aromatic carbocycles. The van der Waals surface area contributed by atoms with Gasteiger partial charge in [-0.25, -0.2) is 4.39 Å². The van der Waals surface area contributed by atoms with E-state index in [1.165, 1.54) is 12.1 Å². The van der Waals surface area contributed by atoms with Crippen LogP contribution in [0.3, 0.4) is 0 Å². The van der Waals surface area contributed by atoms with E-state index in [0.29, 0.717) is 12.8 Å². The molecule has 1 fully saturated rings. The zero-order chi connectivity index (χ0) is 25.9. The average molecular weight is 486 g/mol. The highest BCUT2D eigenvalue weighted by molar-refractivity contribution is 5.77. The van der Waals surface area contributed by atoms with E-state index >= 15 is 0 Å². The minimum Gasteiger partial charge on any atom is -0.347 e. The van der Waals surface area contributed by atoms with Crippen LogP contribution in [-0.4, -0.2) is 51.1 Å². The Morgan fingerprint density at radius 3 is 2.34 bits per heavy atom. The molecular formula is C28H40FN3O3. The van der Waals surface area contributed by atoms with Gasteiger partial charge in [0.15, 0.2) is 5.79 Å². The smallest absolute Gasteiger partial charge is 0.225 e. The molecule has 1 amide bonds. The van der Waals surface area contributed by atoms with Crippen LogP contribution in [0.1, 0.15) is 85.4 Å². The number of aromatic amines is 1. The van der Waals surface area contributed by atoms with Crippen molar-refractivity contribution >= 4 is 12.0 Å². The molecule has 35 heavy (non-hydrogen) atoms. The Morgan fingerprint density at radius 1 is 1.14 bits per heavy atom. The summed E-state index contributed by atoms with van der Waals surface area (Å²) in [5.74, 6) is -0.768. The number of carbonyl (C=O) groups is 1. The summed E-state index contributed by atoms with van der Waals surface area (Å²) in [5.41, 5.74) is 3.57. The molecule has 0 aliphatic carbocycles. The molecule has 0 radical (unpaired) electrons. The quantitative estimate of drug-likeness (QED) is 0.477. The molecule has 0 saturated carbocycles. The van der Waals surface area contributed by atoms with Crippen LogP contribution < -0.4 is 0 Å². The molecule has 2 atom stereocenters. The molecule has 1 aliphatic heterocycles. The highest BCUT2D eigenvalue weighted by atomic mass is 19.1. The molecule has 2 aromatic rings. The van der Waals surface area contributed by atoms with E-state index in [4.69, 9.17) is 9.47 Å². The molecule has 0 spiro atoms. The standard InChI is InChI=1S/C28H40FN3O3/c1-17(2)26-24(27(31-30-26)20-9-11-21(29)12-10-20)14-13-22-15-23(35-28(7,8)34-22)16-25(33)32(18(3)4)19(5)6/h9-14,17-19,22-23H,15-16H2,1-8H3,(H,30,31)/b14-13+/t22-,23-/m1/s1. The highest BCUT2D eigenvalue weighted by Gasteiger charge is 2.36. The van der Waals surface area contributed by atoms with Gasteiger partial charge in [-0.1, -0.05) is 26.0 Å². The lowest BCUT2D eigenvalue weighted by atomic mass is 9.98. The molecule has 3 rings (SSSR count). The molecule has 0 unspecified atom stereocenters. The lowest BCUT2D eigenvalue weighted by Crippen LogP contribution is -2.48. The van der Waals surface area contributed by atoms with Crippen LogP contribution >= 0.6 is 0 Å². The number of ether oxygens (including phenoxy) is 2. The number of hydrogen-bond acceptors (Lipinski definition) is 4. The molecule has 6 nitrogen and oxygen atoms in total. The van der Waals surface area contributed by atoms with Gasteiger partial charge in [0.2, 0.25) is 5.91 Å². The Labute approximate surface area is 208 Å². The Morgan fingerprint density at radius 2 is 1.77 bits per heavy atom. The van der Waals surface area contributed by atoms with Crippen molar-refractivity contribution < 1.29 is 18.7 Å². The monoisotopic (exact) mass is 485 g/mol. The van der Waals surface area contributed by atoms with Crippen LogP contribution in [0.25, 0.3) is 17.3 Å². The first-order chi connectivity index (χ1) is 16.4. The second kappa shape index (κ2) is 11.0. The third-order valence-electron chi connectivity index (χ3n) is 6.19. The summed E-state index contributed by atoms with van der Waals surface area (Å²) in [6.07, 6.45) is 4.48. The molecular weight excluding hydrogens is 445 g/mol. The first-order valence-corrected chi connectivity index (χ1v) is 12.6. The van der Waals surface area contributed by atoms with Crippen LogP contribution in [0, 0.1) is 5.82 Å². The van der Waals surface area contributed by atoms with Crippen molar-refractivity contribution in [2.24, 2.45) is 0 Å². The minimum absolute atomic E-state index is 0.0935. The lowest BCUT2D eigenvalue weighted by Gasteiger charge is -2.41. The summed E-state index contributed by atoms with van der Waals surface area (Å²) >= 11 is 0. The topological polar surface area (TPSA) is 67.5 Å². The molecule has 1 N–H and O–H groups in total. The fourth-order valence-corrected chi connectivity index (χ4v) is 4.87. The van der Waals surface area contributed by atoms with Gasteiger partial charge in [-0.3, -0.25) is 9.89 Å². The van der Waals surface area contributed by atoms with Crippen LogP contribution in [0.2, 0.25) is 0 Å². The Hall–Kier alpha value is -2.51. The Kier molecular flexibility index (Phi) is 8.54. The predicted octanol–water partition coefficient (Wildman–Crippen LogP) is 6.30. The van der Waals surface area contributed by atoms with E-state index in [1.807, 2.05) is 58.6 Å². The maximum Gasteiger partial charge on any atom is 0.225 e. The van der Waals surface area contributed by atoms with Crippen molar-refractivity contribution in [1.29, 1.82) is 0 Å². The van der Waals surface area contributed by atoms with Gasteiger partial charge in [0.1, 0.15) is 5.82 Å². The molecule has 2 heterocycles.